The van der Waals surface area contributed by atoms with Crippen LogP contribution in [-0.4, -0.2) is 18.3 Å². The summed E-state index contributed by atoms with van der Waals surface area (Å²) in [5, 5.41) is 0. The minimum Gasteiger partial charge on any atom is -0.403 e. The van der Waals surface area contributed by atoms with Gasteiger partial charge in [0.05, 0.1) is 11.2 Å². The van der Waals surface area contributed by atoms with Gasteiger partial charge in [-0.1, -0.05) is 45.0 Å². The van der Waals surface area contributed by atoms with Gasteiger partial charge in [-0.2, -0.15) is 0 Å². The van der Waals surface area contributed by atoms with Gasteiger partial charge in [-0.15, -0.1) is 0 Å². The lowest BCUT2D eigenvalue weighted by Crippen LogP contribution is -2.41. The van der Waals surface area contributed by atoms with Crippen molar-refractivity contribution in [3.63, 3.8) is 0 Å². The van der Waals surface area contributed by atoms with Crippen LogP contribution in [0.4, 0.5) is 0 Å². The Morgan fingerprint density at radius 2 is 1.20 bits per heavy atom. The highest BCUT2D eigenvalue weighted by atomic mass is 16.7. The summed E-state index contributed by atoms with van der Waals surface area (Å²) < 4.78 is 12.3. The quantitative estimate of drug-likeness (QED) is 0.753. The van der Waals surface area contributed by atoms with E-state index in [2.05, 4.69) is 72.7 Å². The number of benzene rings is 1. The Morgan fingerprint density at radius 1 is 0.800 bits per heavy atom. The Kier molecular flexibility index (Phi) is 4.05. The van der Waals surface area contributed by atoms with Crippen LogP contribution in [0.2, 0.25) is 0 Å². The van der Waals surface area contributed by atoms with Gasteiger partial charge in [0.1, 0.15) is 0 Å². The van der Waals surface area contributed by atoms with Crippen molar-refractivity contribution in [3.05, 3.63) is 35.4 Å². The molecule has 0 saturated carbocycles. The second-order valence-corrected chi connectivity index (χ2v) is 7.23. The van der Waals surface area contributed by atoms with Crippen LogP contribution in [-0.2, 0) is 9.31 Å². The third kappa shape index (κ3) is 2.80. The van der Waals surface area contributed by atoms with Gasteiger partial charge in [0.15, 0.2) is 0 Å². The predicted octanol–water partition coefficient (Wildman–Crippen LogP) is 4.54. The van der Waals surface area contributed by atoms with E-state index < -0.39 is 0 Å². The van der Waals surface area contributed by atoms with Gasteiger partial charge in [-0.3, -0.25) is 0 Å². The summed E-state index contributed by atoms with van der Waals surface area (Å²) in [4.78, 5) is 0. The van der Waals surface area contributed by atoms with Gasteiger partial charge in [0.2, 0.25) is 0 Å². The fourth-order valence-electron chi connectivity index (χ4n) is 2.43. The smallest absolute Gasteiger partial charge is 0.403 e. The van der Waals surface area contributed by atoms with Crippen molar-refractivity contribution in [1.82, 2.24) is 0 Å². The molecule has 0 amide bonds. The summed E-state index contributed by atoms with van der Waals surface area (Å²) in [6.07, 6.45) is 0. The molecule has 1 aromatic carbocycles. The molecular weight excluding hydrogens is 247 g/mol. The molecule has 1 aromatic rings. The third-order valence-electron chi connectivity index (χ3n) is 4.81. The average molecular weight is 274 g/mol. The highest BCUT2D eigenvalue weighted by Crippen LogP contribution is 2.40. The Hall–Kier alpha value is -0.795. The van der Waals surface area contributed by atoms with Crippen molar-refractivity contribution < 1.29 is 9.31 Å². The van der Waals surface area contributed by atoms with Crippen LogP contribution in [0, 0.1) is 0 Å². The van der Waals surface area contributed by atoms with Crippen LogP contribution >= 0.6 is 0 Å². The van der Waals surface area contributed by atoms with Crippen LogP contribution in [0.15, 0.2) is 24.3 Å². The molecule has 3 heteroatoms. The zero-order valence-corrected chi connectivity index (χ0v) is 13.9. The van der Waals surface area contributed by atoms with E-state index in [1.165, 1.54) is 11.1 Å². The fraction of sp³-hybridized carbons (Fsp3) is 0.647. The molecule has 1 fully saturated rings. The van der Waals surface area contributed by atoms with Crippen LogP contribution in [0.25, 0.3) is 0 Å². The van der Waals surface area contributed by atoms with Gasteiger partial charge < -0.3 is 9.31 Å². The van der Waals surface area contributed by atoms with Crippen LogP contribution in [0.5, 0.6) is 0 Å². The molecule has 1 aliphatic rings. The highest BCUT2D eigenvalue weighted by molar-refractivity contribution is 6.47. The van der Waals surface area contributed by atoms with Gasteiger partial charge in [-0.25, -0.2) is 0 Å². The van der Waals surface area contributed by atoms with E-state index in [0.29, 0.717) is 5.92 Å². The highest BCUT2D eigenvalue weighted by Gasteiger charge is 2.52. The Balaban J connectivity index is 2.15. The summed E-state index contributed by atoms with van der Waals surface area (Å²) in [6, 6.07) is 8.82. The van der Waals surface area contributed by atoms with Gasteiger partial charge >= 0.3 is 7.12 Å². The minimum atomic E-state index is -0.260. The van der Waals surface area contributed by atoms with Crippen molar-refractivity contribution in [2.24, 2.45) is 0 Å². The zero-order chi connectivity index (χ0) is 15.1. The summed E-state index contributed by atoms with van der Waals surface area (Å²) in [7, 11) is -0.176. The largest absolute Gasteiger partial charge is 0.465 e. The van der Waals surface area contributed by atoms with E-state index in [1.54, 1.807) is 0 Å². The molecular formula is C17H27BO2. The van der Waals surface area contributed by atoms with Crippen molar-refractivity contribution in [2.45, 2.75) is 71.4 Å². The van der Waals surface area contributed by atoms with Crippen molar-refractivity contribution in [2.75, 3.05) is 0 Å². The second kappa shape index (κ2) is 5.20. The summed E-state index contributed by atoms with van der Waals surface area (Å²) in [5.74, 6) is 0.800. The van der Waals surface area contributed by atoms with Gasteiger partial charge in [-0.05, 0) is 44.7 Å². The normalized spacial score (nSPS) is 22.3. The molecule has 0 N–H and O–H groups in total. The molecule has 1 aliphatic heterocycles. The molecule has 0 radical (unpaired) electrons. The Labute approximate surface area is 124 Å². The fourth-order valence-corrected chi connectivity index (χ4v) is 2.43. The second-order valence-electron chi connectivity index (χ2n) is 7.23. The lowest BCUT2D eigenvalue weighted by atomic mass is 9.69. The molecule has 0 aromatic heterocycles. The molecule has 2 nitrogen and oxygen atoms in total. The van der Waals surface area contributed by atoms with Crippen LogP contribution < -0.4 is 0 Å². The average Bonchev–Trinajstić information content (AvgIpc) is 2.57. The Morgan fingerprint density at radius 3 is 1.60 bits per heavy atom. The van der Waals surface area contributed by atoms with E-state index >= 15 is 0 Å². The van der Waals surface area contributed by atoms with Crippen molar-refractivity contribution in [1.29, 1.82) is 0 Å². The molecule has 1 unspecified atom stereocenters. The first-order chi connectivity index (χ1) is 9.14. The predicted molar refractivity (Wildman–Crippen MR) is 85.0 cm³/mol. The lowest BCUT2D eigenvalue weighted by Gasteiger charge is -2.32. The molecule has 1 atom stereocenters. The van der Waals surface area contributed by atoms with E-state index in [0.717, 1.165) is 0 Å². The molecule has 20 heavy (non-hydrogen) atoms. The van der Waals surface area contributed by atoms with Crippen molar-refractivity contribution in [3.8, 4) is 0 Å². The van der Waals surface area contributed by atoms with Crippen molar-refractivity contribution >= 4 is 7.12 Å². The Bertz CT molecular complexity index is 446. The summed E-state index contributed by atoms with van der Waals surface area (Å²) in [5.41, 5.74) is 2.12. The molecule has 0 spiro atoms. The number of hydrogen-bond donors (Lipinski definition) is 0. The molecule has 110 valence electrons. The van der Waals surface area contributed by atoms with Gasteiger partial charge in [0, 0.05) is 5.82 Å². The van der Waals surface area contributed by atoms with E-state index in [-0.39, 0.29) is 24.1 Å². The minimum absolute atomic E-state index is 0.176. The molecule has 1 heterocycles. The van der Waals surface area contributed by atoms with Crippen LogP contribution in [0.3, 0.4) is 0 Å². The summed E-state index contributed by atoms with van der Waals surface area (Å²) in [6.45, 7) is 15.0. The topological polar surface area (TPSA) is 18.5 Å². The summed E-state index contributed by atoms with van der Waals surface area (Å²) >= 11 is 0. The third-order valence-corrected chi connectivity index (χ3v) is 4.81. The number of rotatable bonds is 3. The maximum Gasteiger partial charge on any atom is 0.465 e. The maximum absolute atomic E-state index is 6.14. The SMILES string of the molecule is CC(C)c1ccc(C(C)B2OC(C)(C)C(C)(C)O2)cc1. The first-order valence-electron chi connectivity index (χ1n) is 7.59. The molecule has 1 saturated heterocycles. The molecule has 2 rings (SSSR count). The molecule has 0 aliphatic carbocycles. The van der Waals surface area contributed by atoms with Crippen LogP contribution in [0.1, 0.15) is 71.3 Å². The monoisotopic (exact) mass is 274 g/mol. The first kappa shape index (κ1) is 15.6. The maximum atomic E-state index is 6.14. The number of hydrogen-bond acceptors (Lipinski definition) is 2. The standard InChI is InChI=1S/C17H27BO2/c1-12(2)14-8-10-15(11-9-14)13(3)18-19-16(4,5)17(6,7)20-18/h8-13H,1-7H3. The van der Waals surface area contributed by atoms with E-state index in [9.17, 15) is 0 Å². The molecule has 0 bridgehead atoms. The van der Waals surface area contributed by atoms with E-state index in [1.807, 2.05) is 0 Å². The first-order valence-corrected chi connectivity index (χ1v) is 7.59. The lowest BCUT2D eigenvalue weighted by molar-refractivity contribution is 0.00578. The van der Waals surface area contributed by atoms with E-state index in [4.69, 9.17) is 9.31 Å². The van der Waals surface area contributed by atoms with Gasteiger partial charge in [0.25, 0.3) is 0 Å². The zero-order valence-electron chi connectivity index (χ0n) is 13.9.